The number of nitrogens with two attached hydrogens (primary N) is 1. The van der Waals surface area contributed by atoms with E-state index in [0.717, 1.165) is 0 Å². The van der Waals surface area contributed by atoms with Gasteiger partial charge in [0.2, 0.25) is 10.0 Å². The molecule has 0 saturated heterocycles. The minimum atomic E-state index is -3.61. The Labute approximate surface area is 121 Å². The summed E-state index contributed by atoms with van der Waals surface area (Å²) in [7, 11) is -2.14. The van der Waals surface area contributed by atoms with Crippen LogP contribution in [0.5, 0.6) is 0 Å². The molecule has 0 saturated carbocycles. The topological polar surface area (TPSA) is 102 Å². The van der Waals surface area contributed by atoms with E-state index in [9.17, 15) is 13.5 Å². The van der Waals surface area contributed by atoms with Crippen molar-refractivity contribution < 1.29 is 18.3 Å². The number of methoxy groups -OCH3 is 1. The minimum absolute atomic E-state index is 0.0921. The normalized spacial score (nSPS) is 13.4. The maximum Gasteiger partial charge on any atom is 0.240 e. The number of aliphatic hydroxyl groups excluding tert-OH is 1. The minimum Gasteiger partial charge on any atom is -0.398 e. The lowest BCUT2D eigenvalue weighted by Crippen LogP contribution is -2.28. The second-order valence-corrected chi connectivity index (χ2v) is 6.60. The third-order valence-corrected chi connectivity index (χ3v) is 4.59. The number of hydrogen-bond acceptors (Lipinski definition) is 5. The molecular weight excluding hydrogens is 336 g/mol. The maximum atomic E-state index is 11.9. The van der Waals surface area contributed by atoms with Gasteiger partial charge in [0.05, 0.1) is 17.6 Å². The highest BCUT2D eigenvalue weighted by molar-refractivity contribution is 9.10. The predicted molar refractivity (Wildman–Crippen MR) is 76.2 cm³/mol. The fourth-order valence-electron chi connectivity index (χ4n) is 1.41. The standard InChI is InChI=1S/C11H17BrN2O4S/c1-18-7-8(15)4-5-14-19(16,17)9-2-3-10(12)11(13)6-9/h2-3,6,8,14-15H,4-5,7,13H2,1H3. The van der Waals surface area contributed by atoms with Crippen molar-refractivity contribution in [3.05, 3.63) is 22.7 Å². The molecule has 0 spiro atoms. The van der Waals surface area contributed by atoms with Crippen molar-refractivity contribution in [3.63, 3.8) is 0 Å². The molecule has 1 atom stereocenters. The van der Waals surface area contributed by atoms with Crippen LogP contribution in [0.1, 0.15) is 6.42 Å². The molecule has 6 nitrogen and oxygen atoms in total. The van der Waals surface area contributed by atoms with Crippen LogP contribution in [-0.4, -0.2) is 39.9 Å². The van der Waals surface area contributed by atoms with Crippen molar-refractivity contribution in [3.8, 4) is 0 Å². The number of sulfonamides is 1. The quantitative estimate of drug-likeness (QED) is 0.627. The van der Waals surface area contributed by atoms with Crippen LogP contribution in [0.4, 0.5) is 5.69 Å². The summed E-state index contributed by atoms with van der Waals surface area (Å²) in [5.74, 6) is 0. The summed E-state index contributed by atoms with van der Waals surface area (Å²) in [4.78, 5) is 0.0921. The summed E-state index contributed by atoms with van der Waals surface area (Å²) < 4.78 is 31.7. The van der Waals surface area contributed by atoms with Crippen LogP contribution in [0.15, 0.2) is 27.6 Å². The first-order chi connectivity index (χ1) is 8.86. The smallest absolute Gasteiger partial charge is 0.240 e. The Morgan fingerprint density at radius 2 is 2.21 bits per heavy atom. The lowest BCUT2D eigenvalue weighted by Gasteiger charge is -2.11. The zero-order chi connectivity index (χ0) is 14.5. The van der Waals surface area contributed by atoms with E-state index in [2.05, 4.69) is 20.7 Å². The number of nitrogens with one attached hydrogen (secondary N) is 1. The van der Waals surface area contributed by atoms with Crippen LogP contribution in [0.2, 0.25) is 0 Å². The average Bonchev–Trinajstić information content (AvgIpc) is 2.32. The van der Waals surface area contributed by atoms with E-state index in [-0.39, 0.29) is 24.5 Å². The summed E-state index contributed by atoms with van der Waals surface area (Å²) in [6.45, 7) is 0.301. The van der Waals surface area contributed by atoms with E-state index in [4.69, 9.17) is 10.5 Å². The fraction of sp³-hybridized carbons (Fsp3) is 0.455. The average molecular weight is 353 g/mol. The number of ether oxygens (including phenoxy) is 1. The van der Waals surface area contributed by atoms with Crippen molar-refractivity contribution >= 4 is 31.6 Å². The number of nitrogen functional groups attached to an aromatic ring is 1. The van der Waals surface area contributed by atoms with Gasteiger partial charge in [-0.2, -0.15) is 0 Å². The summed E-state index contributed by atoms with van der Waals surface area (Å²) in [6.07, 6.45) is -0.415. The number of halogens is 1. The Hall–Kier alpha value is -0.670. The highest BCUT2D eigenvalue weighted by Crippen LogP contribution is 2.22. The predicted octanol–water partition coefficient (Wildman–Crippen LogP) is 0.707. The van der Waals surface area contributed by atoms with Crippen LogP contribution >= 0.6 is 15.9 Å². The van der Waals surface area contributed by atoms with Gasteiger partial charge in [-0.15, -0.1) is 0 Å². The highest BCUT2D eigenvalue weighted by atomic mass is 79.9. The second kappa shape index (κ2) is 7.20. The molecule has 0 aliphatic heterocycles. The second-order valence-electron chi connectivity index (χ2n) is 3.98. The number of hydrogen-bond donors (Lipinski definition) is 3. The van der Waals surface area contributed by atoms with E-state index < -0.39 is 16.1 Å². The Kier molecular flexibility index (Phi) is 6.21. The highest BCUT2D eigenvalue weighted by Gasteiger charge is 2.15. The molecule has 1 aromatic rings. The Bertz CT molecular complexity index is 521. The van der Waals surface area contributed by atoms with Crippen molar-refractivity contribution in [1.29, 1.82) is 0 Å². The summed E-state index contributed by atoms with van der Waals surface area (Å²) in [5.41, 5.74) is 5.99. The third kappa shape index (κ3) is 5.07. The lowest BCUT2D eigenvalue weighted by molar-refractivity contribution is 0.0603. The van der Waals surface area contributed by atoms with Crippen molar-refractivity contribution in [2.24, 2.45) is 0 Å². The molecule has 0 heterocycles. The zero-order valence-electron chi connectivity index (χ0n) is 10.5. The van der Waals surface area contributed by atoms with E-state index in [1.807, 2.05) is 0 Å². The molecular formula is C11H17BrN2O4S. The van der Waals surface area contributed by atoms with Crippen molar-refractivity contribution in [2.75, 3.05) is 26.0 Å². The molecule has 19 heavy (non-hydrogen) atoms. The number of aliphatic hydroxyl groups is 1. The van der Waals surface area contributed by atoms with Crippen LogP contribution in [0, 0.1) is 0 Å². The summed E-state index contributed by atoms with van der Waals surface area (Å²) >= 11 is 3.20. The van der Waals surface area contributed by atoms with Gasteiger partial charge in [0, 0.05) is 23.8 Å². The van der Waals surface area contributed by atoms with Crippen LogP contribution in [0.25, 0.3) is 0 Å². The van der Waals surface area contributed by atoms with Gasteiger partial charge in [-0.3, -0.25) is 0 Å². The number of benzene rings is 1. The molecule has 0 fully saturated rings. The zero-order valence-corrected chi connectivity index (χ0v) is 12.9. The number of rotatable bonds is 7. The van der Waals surface area contributed by atoms with E-state index >= 15 is 0 Å². The molecule has 108 valence electrons. The molecule has 0 radical (unpaired) electrons. The first kappa shape index (κ1) is 16.4. The SMILES string of the molecule is COCC(O)CCNS(=O)(=O)c1ccc(Br)c(N)c1. The van der Waals surface area contributed by atoms with E-state index in [1.54, 1.807) is 6.07 Å². The largest absolute Gasteiger partial charge is 0.398 e. The molecule has 0 aliphatic carbocycles. The Balaban J connectivity index is 2.63. The monoisotopic (exact) mass is 352 g/mol. The molecule has 8 heteroatoms. The van der Waals surface area contributed by atoms with Gasteiger partial charge in [0.1, 0.15) is 0 Å². The Morgan fingerprint density at radius 3 is 2.79 bits per heavy atom. The fourth-order valence-corrected chi connectivity index (χ4v) is 2.74. The van der Waals surface area contributed by atoms with Crippen molar-refractivity contribution in [1.82, 2.24) is 4.72 Å². The van der Waals surface area contributed by atoms with Gasteiger partial charge in [-0.1, -0.05) is 0 Å². The molecule has 4 N–H and O–H groups in total. The maximum absolute atomic E-state index is 11.9. The van der Waals surface area contributed by atoms with Crippen molar-refractivity contribution in [2.45, 2.75) is 17.4 Å². The van der Waals surface area contributed by atoms with Crippen LogP contribution in [-0.2, 0) is 14.8 Å². The molecule has 0 aromatic heterocycles. The van der Waals surface area contributed by atoms with Gasteiger partial charge in [-0.05, 0) is 40.5 Å². The van der Waals surface area contributed by atoms with E-state index in [1.165, 1.54) is 19.2 Å². The van der Waals surface area contributed by atoms with Crippen LogP contribution in [0.3, 0.4) is 0 Å². The first-order valence-electron chi connectivity index (χ1n) is 5.58. The Morgan fingerprint density at radius 1 is 1.53 bits per heavy atom. The molecule has 0 aliphatic rings. The molecule has 1 unspecified atom stereocenters. The van der Waals surface area contributed by atoms with Gasteiger partial charge in [0.15, 0.2) is 0 Å². The van der Waals surface area contributed by atoms with Crippen LogP contribution < -0.4 is 10.5 Å². The van der Waals surface area contributed by atoms with Gasteiger partial charge in [0.25, 0.3) is 0 Å². The lowest BCUT2D eigenvalue weighted by atomic mass is 10.3. The third-order valence-electron chi connectivity index (χ3n) is 2.41. The summed E-state index contributed by atoms with van der Waals surface area (Å²) in [5, 5.41) is 9.41. The summed E-state index contributed by atoms with van der Waals surface area (Å²) in [6, 6.07) is 4.40. The first-order valence-corrected chi connectivity index (χ1v) is 7.86. The van der Waals surface area contributed by atoms with E-state index in [0.29, 0.717) is 10.2 Å². The molecule has 0 bridgehead atoms. The molecule has 1 aromatic carbocycles. The van der Waals surface area contributed by atoms with Gasteiger partial charge in [-0.25, -0.2) is 13.1 Å². The number of anilines is 1. The molecule has 0 amide bonds. The van der Waals surface area contributed by atoms with Gasteiger partial charge < -0.3 is 15.6 Å². The molecule has 1 rings (SSSR count). The van der Waals surface area contributed by atoms with Gasteiger partial charge >= 0.3 is 0 Å².